The van der Waals surface area contributed by atoms with Gasteiger partial charge in [0.1, 0.15) is 11.5 Å². The molecule has 1 N–H and O–H groups in total. The molecule has 0 unspecified atom stereocenters. The first-order valence-corrected chi connectivity index (χ1v) is 13.8. The maximum Gasteiger partial charge on any atom is 0.439 e. The third-order valence-electron chi connectivity index (χ3n) is 8.00. The summed E-state index contributed by atoms with van der Waals surface area (Å²) in [6.45, 7) is 0.431. The highest BCUT2D eigenvalue weighted by Gasteiger charge is 2.42. The number of ether oxygens (including phenoxy) is 1. The van der Waals surface area contributed by atoms with Crippen molar-refractivity contribution < 1.29 is 13.8 Å². The lowest BCUT2D eigenvalue weighted by Gasteiger charge is -2.40. The van der Waals surface area contributed by atoms with Crippen molar-refractivity contribution >= 4 is 28.9 Å². The van der Waals surface area contributed by atoms with E-state index in [0.29, 0.717) is 51.7 Å². The van der Waals surface area contributed by atoms with Crippen LogP contribution in [0.2, 0.25) is 10.0 Å². The van der Waals surface area contributed by atoms with Crippen LogP contribution in [0.25, 0.3) is 22.6 Å². The average molecular weight is 553 g/mol. The van der Waals surface area contributed by atoms with Crippen LogP contribution in [0.15, 0.2) is 56.3 Å². The van der Waals surface area contributed by atoms with E-state index in [2.05, 4.69) is 36.9 Å². The summed E-state index contributed by atoms with van der Waals surface area (Å²) in [6.07, 6.45) is 6.56. The predicted octanol–water partition coefficient (Wildman–Crippen LogP) is 6.59. The van der Waals surface area contributed by atoms with E-state index in [1.165, 1.54) is 5.69 Å². The number of aromatic amines is 1. The molecule has 1 aliphatic carbocycles. The van der Waals surface area contributed by atoms with Gasteiger partial charge < -0.3 is 14.2 Å². The number of piperidine rings is 1. The van der Waals surface area contributed by atoms with Gasteiger partial charge in [0.05, 0.1) is 22.8 Å². The van der Waals surface area contributed by atoms with Gasteiger partial charge in [0, 0.05) is 40.4 Å². The van der Waals surface area contributed by atoms with Gasteiger partial charge in [0.2, 0.25) is 0 Å². The first kappa shape index (κ1) is 24.0. The zero-order chi connectivity index (χ0) is 25.8. The molecule has 2 bridgehead atoms. The van der Waals surface area contributed by atoms with Gasteiger partial charge in [-0.2, -0.15) is 0 Å². The van der Waals surface area contributed by atoms with E-state index in [9.17, 15) is 4.79 Å². The minimum absolute atomic E-state index is 0.153. The van der Waals surface area contributed by atoms with Crippen LogP contribution in [-0.2, 0) is 11.3 Å². The van der Waals surface area contributed by atoms with Crippen molar-refractivity contribution in [3.63, 3.8) is 0 Å². The van der Waals surface area contributed by atoms with Crippen molar-refractivity contribution in [2.24, 2.45) is 0 Å². The number of nitrogens with zero attached hydrogens (tertiary/aromatic N) is 3. The second kappa shape index (κ2) is 9.59. The van der Waals surface area contributed by atoms with E-state index >= 15 is 0 Å². The lowest BCUT2D eigenvalue weighted by molar-refractivity contribution is 0.0147. The molecule has 38 heavy (non-hydrogen) atoms. The molecule has 4 heterocycles. The lowest BCUT2D eigenvalue weighted by atomic mass is 9.98. The predicted molar refractivity (Wildman–Crippen MR) is 144 cm³/mol. The van der Waals surface area contributed by atoms with Crippen LogP contribution in [-0.4, -0.2) is 33.5 Å². The van der Waals surface area contributed by atoms with E-state index < -0.39 is 5.76 Å². The Labute approximate surface area is 228 Å². The lowest BCUT2D eigenvalue weighted by Crippen LogP contribution is -2.45. The largest absolute Gasteiger partial charge is 0.439 e. The summed E-state index contributed by atoms with van der Waals surface area (Å²) in [5.41, 5.74) is 4.37. The minimum Gasteiger partial charge on any atom is -0.373 e. The topological polar surface area (TPSA) is 97.4 Å². The minimum atomic E-state index is -0.554. The Bertz CT molecular complexity index is 1490. The van der Waals surface area contributed by atoms with Gasteiger partial charge in [-0.3, -0.25) is 9.51 Å². The third-order valence-corrected chi connectivity index (χ3v) is 8.63. The van der Waals surface area contributed by atoms with Crippen molar-refractivity contribution in [1.82, 2.24) is 15.3 Å². The van der Waals surface area contributed by atoms with Gasteiger partial charge in [0.25, 0.3) is 0 Å². The Morgan fingerprint density at radius 1 is 0.947 bits per heavy atom. The number of benzene rings is 2. The fourth-order valence-electron chi connectivity index (χ4n) is 6.08. The Morgan fingerprint density at radius 3 is 2.29 bits per heavy atom. The van der Waals surface area contributed by atoms with Crippen molar-refractivity contribution in [1.29, 1.82) is 0 Å². The van der Waals surface area contributed by atoms with E-state index in [-0.39, 0.29) is 6.10 Å². The Hall–Kier alpha value is -3.07. The number of aromatic nitrogens is 3. The molecule has 2 aliphatic heterocycles. The molecule has 7 rings (SSSR count). The molecule has 3 aliphatic rings. The van der Waals surface area contributed by atoms with Crippen molar-refractivity contribution in [2.45, 2.75) is 69.2 Å². The third kappa shape index (κ3) is 4.34. The number of rotatable bonds is 7. The summed E-state index contributed by atoms with van der Waals surface area (Å²) in [5.74, 6) is 1.19. The Kier molecular flexibility index (Phi) is 6.06. The normalized spacial score (nSPS) is 22.8. The first-order chi connectivity index (χ1) is 18.5. The number of nitrogens with one attached hydrogen (secondary N) is 1. The molecular formula is C28H26Cl2N4O4. The maximum absolute atomic E-state index is 11.3. The standard InChI is InChI=1S/C28H26Cl2N4O4/c29-22-2-1-3-23(30)24(22)25-21(26(37-32-25)15-4-5-15)14-36-20-12-18-10-11-19(13-20)34(18)17-8-6-16(7-9-17)27-31-28(35)38-33-27/h1-3,6-9,15,18-20H,4-5,10-14H2,(H,31,33,35)/t18-,19+,20-. The molecule has 4 aromatic rings. The second-order valence-electron chi connectivity index (χ2n) is 10.4. The van der Waals surface area contributed by atoms with Crippen LogP contribution >= 0.6 is 23.2 Å². The van der Waals surface area contributed by atoms with Crippen LogP contribution in [0, 0.1) is 0 Å². The van der Waals surface area contributed by atoms with Gasteiger partial charge in [-0.05, 0) is 74.9 Å². The smallest absolute Gasteiger partial charge is 0.373 e. The highest BCUT2D eigenvalue weighted by atomic mass is 35.5. The SMILES string of the molecule is O=c1[nH]c(-c2ccc(N3[C@@H]4CC[C@H]3C[C@H](OCc3c(-c5c(Cl)cccc5Cl)noc3C3CC3)C4)cc2)no1. The first-order valence-electron chi connectivity index (χ1n) is 13.0. The van der Waals surface area contributed by atoms with E-state index in [4.69, 9.17) is 32.5 Å². The summed E-state index contributed by atoms with van der Waals surface area (Å²) in [6, 6.07) is 14.4. The Balaban J connectivity index is 1.07. The summed E-state index contributed by atoms with van der Waals surface area (Å²) in [4.78, 5) is 16.4. The molecule has 8 nitrogen and oxygen atoms in total. The van der Waals surface area contributed by atoms with E-state index in [1.54, 1.807) is 0 Å². The van der Waals surface area contributed by atoms with E-state index in [1.807, 2.05) is 30.3 Å². The van der Waals surface area contributed by atoms with Gasteiger partial charge in [-0.25, -0.2) is 4.79 Å². The molecule has 0 amide bonds. The molecule has 10 heteroatoms. The molecule has 0 radical (unpaired) electrons. The van der Waals surface area contributed by atoms with Crippen molar-refractivity contribution in [3.05, 3.63) is 74.4 Å². The molecule has 196 valence electrons. The van der Waals surface area contributed by atoms with Crippen LogP contribution in [0.5, 0.6) is 0 Å². The van der Waals surface area contributed by atoms with Gasteiger partial charge >= 0.3 is 5.76 Å². The van der Waals surface area contributed by atoms with Crippen molar-refractivity contribution in [2.75, 3.05) is 4.90 Å². The number of hydrogen-bond donors (Lipinski definition) is 1. The average Bonchev–Trinajstić information content (AvgIpc) is 3.44. The molecule has 0 spiro atoms. The summed E-state index contributed by atoms with van der Waals surface area (Å²) < 4.78 is 17.0. The molecule has 3 atom stereocenters. The molecule has 2 saturated heterocycles. The summed E-state index contributed by atoms with van der Waals surface area (Å²) in [5, 5.41) is 9.29. The molecule has 1 saturated carbocycles. The van der Waals surface area contributed by atoms with E-state index in [0.717, 1.165) is 55.4 Å². The highest BCUT2D eigenvalue weighted by molar-refractivity contribution is 6.39. The van der Waals surface area contributed by atoms with Gasteiger partial charge in [-0.1, -0.05) is 39.6 Å². The quantitative estimate of drug-likeness (QED) is 0.276. The summed E-state index contributed by atoms with van der Waals surface area (Å²) >= 11 is 13.0. The molecule has 2 aromatic heterocycles. The monoisotopic (exact) mass is 552 g/mol. The second-order valence-corrected chi connectivity index (χ2v) is 11.2. The Morgan fingerprint density at radius 2 is 1.66 bits per heavy atom. The number of fused-ring (bicyclic) bond motifs is 2. The number of anilines is 1. The van der Waals surface area contributed by atoms with Gasteiger partial charge in [0.15, 0.2) is 5.82 Å². The zero-order valence-electron chi connectivity index (χ0n) is 20.5. The number of H-pyrrole nitrogens is 1. The zero-order valence-corrected chi connectivity index (χ0v) is 22.0. The number of hydrogen-bond acceptors (Lipinski definition) is 7. The van der Waals surface area contributed by atoms with Gasteiger partial charge in [-0.15, -0.1) is 0 Å². The molecule has 3 fully saturated rings. The fourth-order valence-corrected chi connectivity index (χ4v) is 6.66. The van der Waals surface area contributed by atoms with Crippen LogP contribution < -0.4 is 10.7 Å². The van der Waals surface area contributed by atoms with Crippen LogP contribution in [0.1, 0.15) is 55.8 Å². The fraction of sp³-hybridized carbons (Fsp3) is 0.393. The maximum atomic E-state index is 11.3. The number of halogens is 2. The molecular weight excluding hydrogens is 527 g/mol. The summed E-state index contributed by atoms with van der Waals surface area (Å²) in [7, 11) is 0. The molecule has 2 aromatic carbocycles. The van der Waals surface area contributed by atoms with Crippen molar-refractivity contribution in [3.8, 4) is 22.6 Å². The van der Waals surface area contributed by atoms with Crippen LogP contribution in [0.3, 0.4) is 0 Å². The highest BCUT2D eigenvalue weighted by Crippen LogP contribution is 2.47. The van der Waals surface area contributed by atoms with Crippen LogP contribution in [0.4, 0.5) is 5.69 Å².